The van der Waals surface area contributed by atoms with Crippen LogP contribution in [-0.2, 0) is 0 Å². The molecule has 1 saturated carbocycles. The Labute approximate surface area is 125 Å². The Balaban J connectivity index is 2.22. The number of amides is 2. The number of carbonyl (C=O) groups excluding carboxylic acids is 1. The molecule has 5 nitrogen and oxygen atoms in total. The summed E-state index contributed by atoms with van der Waals surface area (Å²) < 4.78 is 0.542. The molecule has 1 aliphatic carbocycles. The molecule has 0 aromatic heterocycles. The first-order valence-electron chi connectivity index (χ1n) is 6.25. The highest BCUT2D eigenvalue weighted by atomic mass is 79.9. The summed E-state index contributed by atoms with van der Waals surface area (Å²) in [5.74, 6) is -1.08. The first kappa shape index (κ1) is 14.6. The molecular formula is C14H15BrN2O3. The van der Waals surface area contributed by atoms with Gasteiger partial charge in [-0.3, -0.25) is 0 Å². The van der Waals surface area contributed by atoms with Crippen molar-refractivity contribution in [1.82, 2.24) is 4.90 Å². The van der Waals surface area contributed by atoms with E-state index in [1.165, 1.54) is 6.07 Å². The Morgan fingerprint density at radius 1 is 1.50 bits per heavy atom. The zero-order chi connectivity index (χ0) is 14.7. The molecule has 106 valence electrons. The molecule has 0 saturated heterocycles. The zero-order valence-corrected chi connectivity index (χ0v) is 12.4. The van der Waals surface area contributed by atoms with Gasteiger partial charge in [-0.1, -0.05) is 12.1 Å². The standard InChI is InChI=1S/C14H15BrN2O3/c1-2-8-17(9-6-7-9)14(20)16-12-10(13(18)19)4-3-5-11(12)15/h2-5,9H,1,6-8H2,(H,16,20)(H,18,19). The average Bonchev–Trinajstić information content (AvgIpc) is 3.22. The monoisotopic (exact) mass is 338 g/mol. The van der Waals surface area contributed by atoms with E-state index < -0.39 is 5.97 Å². The number of hydrogen-bond donors (Lipinski definition) is 2. The lowest BCUT2D eigenvalue weighted by Gasteiger charge is -2.22. The maximum Gasteiger partial charge on any atom is 0.337 e. The number of rotatable bonds is 5. The summed E-state index contributed by atoms with van der Waals surface area (Å²) in [6, 6.07) is 4.69. The van der Waals surface area contributed by atoms with Gasteiger partial charge in [0.1, 0.15) is 0 Å². The first-order valence-corrected chi connectivity index (χ1v) is 7.04. The maximum absolute atomic E-state index is 12.3. The number of aromatic carboxylic acids is 1. The fraction of sp³-hybridized carbons (Fsp3) is 0.286. The van der Waals surface area contributed by atoms with Crippen LogP contribution in [0.15, 0.2) is 35.3 Å². The molecule has 20 heavy (non-hydrogen) atoms. The molecule has 0 atom stereocenters. The third-order valence-corrected chi connectivity index (χ3v) is 3.71. The van der Waals surface area contributed by atoms with Crippen molar-refractivity contribution in [2.24, 2.45) is 0 Å². The van der Waals surface area contributed by atoms with E-state index in [0.29, 0.717) is 11.0 Å². The van der Waals surface area contributed by atoms with Gasteiger partial charge in [-0.2, -0.15) is 0 Å². The summed E-state index contributed by atoms with van der Waals surface area (Å²) in [4.78, 5) is 25.1. The summed E-state index contributed by atoms with van der Waals surface area (Å²) in [6.45, 7) is 4.09. The van der Waals surface area contributed by atoms with Crippen LogP contribution in [0.25, 0.3) is 0 Å². The van der Waals surface area contributed by atoms with E-state index in [9.17, 15) is 9.59 Å². The van der Waals surface area contributed by atoms with Gasteiger partial charge >= 0.3 is 12.0 Å². The molecule has 0 unspecified atom stereocenters. The van der Waals surface area contributed by atoms with E-state index in [1.807, 2.05) is 0 Å². The lowest BCUT2D eigenvalue weighted by atomic mass is 10.2. The molecule has 0 heterocycles. The van der Waals surface area contributed by atoms with Gasteiger partial charge in [0.25, 0.3) is 0 Å². The van der Waals surface area contributed by atoms with Gasteiger partial charge in [-0.05, 0) is 40.9 Å². The van der Waals surface area contributed by atoms with Gasteiger partial charge < -0.3 is 15.3 Å². The van der Waals surface area contributed by atoms with E-state index in [2.05, 4.69) is 27.8 Å². The second kappa shape index (κ2) is 6.09. The zero-order valence-electron chi connectivity index (χ0n) is 10.8. The number of carboxylic acids is 1. The smallest absolute Gasteiger partial charge is 0.337 e. The second-order valence-corrected chi connectivity index (χ2v) is 5.42. The Hall–Kier alpha value is -1.82. The number of urea groups is 1. The number of nitrogens with one attached hydrogen (secondary N) is 1. The van der Waals surface area contributed by atoms with E-state index >= 15 is 0 Å². The lowest BCUT2D eigenvalue weighted by Crippen LogP contribution is -2.37. The van der Waals surface area contributed by atoms with Crippen LogP contribution in [0.5, 0.6) is 0 Å². The number of carbonyl (C=O) groups is 2. The molecule has 2 amide bonds. The van der Waals surface area contributed by atoms with Crippen molar-refractivity contribution in [3.05, 3.63) is 40.9 Å². The summed E-state index contributed by atoms with van der Waals surface area (Å²) in [7, 11) is 0. The van der Waals surface area contributed by atoms with Crippen molar-refractivity contribution < 1.29 is 14.7 Å². The molecular weight excluding hydrogens is 324 g/mol. The van der Waals surface area contributed by atoms with E-state index in [1.54, 1.807) is 23.1 Å². The third kappa shape index (κ3) is 3.19. The lowest BCUT2D eigenvalue weighted by molar-refractivity contribution is 0.0698. The predicted molar refractivity (Wildman–Crippen MR) is 80.0 cm³/mol. The van der Waals surface area contributed by atoms with E-state index in [-0.39, 0.29) is 23.3 Å². The van der Waals surface area contributed by atoms with E-state index in [4.69, 9.17) is 5.11 Å². The van der Waals surface area contributed by atoms with E-state index in [0.717, 1.165) is 12.8 Å². The summed E-state index contributed by atoms with van der Waals surface area (Å²) in [5.41, 5.74) is 0.335. The fourth-order valence-electron chi connectivity index (χ4n) is 1.93. The normalized spacial score (nSPS) is 13.7. The number of benzene rings is 1. The van der Waals surface area contributed by atoms with Gasteiger partial charge in [0.05, 0.1) is 11.3 Å². The van der Waals surface area contributed by atoms with Crippen molar-refractivity contribution in [2.75, 3.05) is 11.9 Å². The predicted octanol–water partition coefficient (Wildman–Crippen LogP) is 3.33. The van der Waals surface area contributed by atoms with Gasteiger partial charge in [0.15, 0.2) is 0 Å². The summed E-state index contributed by atoms with van der Waals surface area (Å²) in [5, 5.41) is 11.8. The molecule has 6 heteroatoms. The molecule has 1 aliphatic rings. The number of nitrogens with zero attached hydrogens (tertiary/aromatic N) is 1. The third-order valence-electron chi connectivity index (χ3n) is 3.05. The van der Waals surface area contributed by atoms with Crippen molar-refractivity contribution in [1.29, 1.82) is 0 Å². The van der Waals surface area contributed by atoms with Crippen molar-refractivity contribution in [3.63, 3.8) is 0 Å². The summed E-state index contributed by atoms with van der Waals surface area (Å²) >= 11 is 3.27. The van der Waals surface area contributed by atoms with Crippen LogP contribution in [0.4, 0.5) is 10.5 Å². The Kier molecular flexibility index (Phi) is 4.44. The minimum Gasteiger partial charge on any atom is -0.478 e. The average molecular weight is 339 g/mol. The van der Waals surface area contributed by atoms with Crippen molar-refractivity contribution in [2.45, 2.75) is 18.9 Å². The van der Waals surface area contributed by atoms with Crippen LogP contribution in [0.3, 0.4) is 0 Å². The van der Waals surface area contributed by atoms with Gasteiger partial charge in [0, 0.05) is 17.1 Å². The molecule has 2 rings (SSSR count). The Morgan fingerprint density at radius 3 is 2.75 bits per heavy atom. The summed E-state index contributed by atoms with van der Waals surface area (Å²) in [6.07, 6.45) is 3.61. The van der Waals surface area contributed by atoms with Gasteiger partial charge in [-0.25, -0.2) is 9.59 Å². The van der Waals surface area contributed by atoms with Crippen molar-refractivity contribution in [3.8, 4) is 0 Å². The van der Waals surface area contributed by atoms with Crippen molar-refractivity contribution >= 4 is 33.6 Å². The number of anilines is 1. The van der Waals surface area contributed by atoms with Crippen LogP contribution >= 0.6 is 15.9 Å². The highest BCUT2D eigenvalue weighted by Gasteiger charge is 2.32. The largest absolute Gasteiger partial charge is 0.478 e. The SMILES string of the molecule is C=CCN(C(=O)Nc1c(Br)cccc1C(=O)O)C1CC1. The topological polar surface area (TPSA) is 69.6 Å². The number of para-hydroxylation sites is 1. The van der Waals surface area contributed by atoms with Crippen LogP contribution in [0.2, 0.25) is 0 Å². The highest BCUT2D eigenvalue weighted by Crippen LogP contribution is 2.30. The molecule has 0 spiro atoms. The van der Waals surface area contributed by atoms with Crippen LogP contribution < -0.4 is 5.32 Å². The fourth-order valence-corrected chi connectivity index (χ4v) is 2.40. The van der Waals surface area contributed by atoms with Crippen LogP contribution in [0.1, 0.15) is 23.2 Å². The minimum absolute atomic E-state index is 0.0575. The minimum atomic E-state index is -1.08. The molecule has 1 fully saturated rings. The van der Waals surface area contributed by atoms with Crippen LogP contribution in [-0.4, -0.2) is 34.6 Å². The molecule has 1 aromatic carbocycles. The number of hydrogen-bond acceptors (Lipinski definition) is 2. The second-order valence-electron chi connectivity index (χ2n) is 4.57. The highest BCUT2D eigenvalue weighted by molar-refractivity contribution is 9.10. The first-order chi connectivity index (χ1) is 9.54. The molecule has 2 N–H and O–H groups in total. The Morgan fingerprint density at radius 2 is 2.20 bits per heavy atom. The van der Waals surface area contributed by atoms with Gasteiger partial charge in [-0.15, -0.1) is 6.58 Å². The quantitative estimate of drug-likeness (QED) is 0.809. The molecule has 0 bridgehead atoms. The number of halogens is 1. The maximum atomic E-state index is 12.3. The number of carboxylic acid groups (broad SMARTS) is 1. The molecule has 0 aliphatic heterocycles. The molecule has 1 aromatic rings. The van der Waals surface area contributed by atoms with Crippen LogP contribution in [0, 0.1) is 0 Å². The Bertz CT molecular complexity index is 555. The molecule has 0 radical (unpaired) electrons. The van der Waals surface area contributed by atoms with Gasteiger partial charge in [0.2, 0.25) is 0 Å².